The van der Waals surface area contributed by atoms with Crippen LogP contribution in [-0.2, 0) is 9.47 Å². The Kier molecular flexibility index (Phi) is 11.2. The molecule has 0 spiro atoms. The predicted octanol–water partition coefficient (Wildman–Crippen LogP) is 4.54. The van der Waals surface area contributed by atoms with Gasteiger partial charge in [0.05, 0.1) is 35.5 Å². The molecule has 0 saturated heterocycles. The van der Waals surface area contributed by atoms with Crippen molar-refractivity contribution in [2.24, 2.45) is 5.92 Å². The maximum Gasteiger partial charge on any atom is 0.338 e. The van der Waals surface area contributed by atoms with Crippen molar-refractivity contribution in [3.8, 4) is 0 Å². The quantitative estimate of drug-likeness (QED) is 0.426. The second-order valence-corrected chi connectivity index (χ2v) is 7.25. The standard InChI is InChI=1S/C16H22O4.C8H6O4/c1-4-5-10-19-15(17)13-6-8-14(9-7-13)16(18)20-11-12(2)3;9-7(10)5-1-2-6(4-3-5)8(11)12/h6-9,12H,4-5,10-11H2,1-3H3;1-4H,(H,9,10)(H,11,12). The fourth-order valence-electron chi connectivity index (χ4n) is 2.22. The molecule has 2 aromatic rings. The van der Waals surface area contributed by atoms with Gasteiger partial charge in [-0.1, -0.05) is 27.2 Å². The number of carbonyl (C=O) groups is 4. The highest BCUT2D eigenvalue weighted by Gasteiger charge is 2.11. The third kappa shape index (κ3) is 9.42. The Morgan fingerprint density at radius 2 is 1.09 bits per heavy atom. The molecule has 0 unspecified atom stereocenters. The average Bonchev–Trinajstić information content (AvgIpc) is 2.78. The van der Waals surface area contributed by atoms with E-state index in [1.54, 1.807) is 24.3 Å². The first-order chi connectivity index (χ1) is 15.1. The molecule has 0 fully saturated rings. The third-order valence-corrected chi connectivity index (χ3v) is 4.01. The molecular formula is C24H28O8. The first kappa shape index (κ1) is 26.4. The fourth-order valence-corrected chi connectivity index (χ4v) is 2.22. The van der Waals surface area contributed by atoms with E-state index in [0.29, 0.717) is 30.3 Å². The minimum absolute atomic E-state index is 0.0833. The van der Waals surface area contributed by atoms with Gasteiger partial charge in [-0.3, -0.25) is 0 Å². The number of rotatable bonds is 9. The van der Waals surface area contributed by atoms with Crippen molar-refractivity contribution in [3.05, 3.63) is 70.8 Å². The van der Waals surface area contributed by atoms with Gasteiger partial charge in [-0.15, -0.1) is 0 Å². The van der Waals surface area contributed by atoms with Crippen LogP contribution >= 0.6 is 0 Å². The second kappa shape index (κ2) is 13.6. The van der Waals surface area contributed by atoms with Crippen molar-refractivity contribution in [2.75, 3.05) is 13.2 Å². The van der Waals surface area contributed by atoms with Crippen LogP contribution in [-0.4, -0.2) is 47.3 Å². The van der Waals surface area contributed by atoms with Gasteiger partial charge in [-0.25, -0.2) is 19.2 Å². The number of ether oxygens (including phenoxy) is 2. The summed E-state index contributed by atoms with van der Waals surface area (Å²) in [6.45, 7) is 6.80. The van der Waals surface area contributed by atoms with E-state index in [0.717, 1.165) is 12.8 Å². The maximum absolute atomic E-state index is 11.7. The van der Waals surface area contributed by atoms with Gasteiger partial charge in [0.2, 0.25) is 0 Å². The number of carboxylic acid groups (broad SMARTS) is 2. The lowest BCUT2D eigenvalue weighted by atomic mass is 10.1. The zero-order chi connectivity index (χ0) is 24.1. The Morgan fingerprint density at radius 1 is 0.719 bits per heavy atom. The lowest BCUT2D eigenvalue weighted by Gasteiger charge is -2.08. The molecule has 0 heterocycles. The van der Waals surface area contributed by atoms with Gasteiger partial charge in [-0.05, 0) is 60.9 Å². The largest absolute Gasteiger partial charge is 0.478 e. The van der Waals surface area contributed by atoms with Gasteiger partial charge < -0.3 is 19.7 Å². The van der Waals surface area contributed by atoms with Crippen molar-refractivity contribution in [2.45, 2.75) is 33.6 Å². The van der Waals surface area contributed by atoms with E-state index in [1.165, 1.54) is 24.3 Å². The molecule has 172 valence electrons. The number of carbonyl (C=O) groups excluding carboxylic acids is 2. The number of benzene rings is 2. The smallest absolute Gasteiger partial charge is 0.338 e. The molecule has 8 nitrogen and oxygen atoms in total. The zero-order valence-corrected chi connectivity index (χ0v) is 18.4. The molecule has 0 amide bonds. The van der Waals surface area contributed by atoms with Crippen LogP contribution in [0.1, 0.15) is 75.0 Å². The maximum atomic E-state index is 11.7. The van der Waals surface area contributed by atoms with Crippen molar-refractivity contribution in [1.29, 1.82) is 0 Å². The Labute approximate surface area is 186 Å². The molecule has 0 bridgehead atoms. The number of hydrogen-bond acceptors (Lipinski definition) is 6. The van der Waals surface area contributed by atoms with E-state index in [-0.39, 0.29) is 23.1 Å². The summed E-state index contributed by atoms with van der Waals surface area (Å²) in [5.41, 5.74) is 1.05. The summed E-state index contributed by atoms with van der Waals surface area (Å²) in [5, 5.41) is 16.9. The first-order valence-corrected chi connectivity index (χ1v) is 10.2. The summed E-state index contributed by atoms with van der Waals surface area (Å²) in [6.07, 6.45) is 1.83. The van der Waals surface area contributed by atoms with Gasteiger partial charge in [0.15, 0.2) is 0 Å². The van der Waals surface area contributed by atoms with Gasteiger partial charge in [-0.2, -0.15) is 0 Å². The number of unbranched alkanes of at least 4 members (excludes halogenated alkanes) is 1. The highest BCUT2D eigenvalue weighted by Crippen LogP contribution is 2.09. The Bertz CT molecular complexity index is 866. The molecule has 0 aliphatic heterocycles. The highest BCUT2D eigenvalue weighted by atomic mass is 16.5. The van der Waals surface area contributed by atoms with Crippen LogP contribution < -0.4 is 0 Å². The second-order valence-electron chi connectivity index (χ2n) is 7.25. The molecular weight excluding hydrogens is 416 g/mol. The molecule has 0 atom stereocenters. The van der Waals surface area contributed by atoms with E-state index in [1.807, 2.05) is 20.8 Å². The summed E-state index contributed by atoms with van der Waals surface area (Å²) in [4.78, 5) is 44.0. The molecule has 2 aromatic carbocycles. The number of esters is 2. The Morgan fingerprint density at radius 3 is 1.44 bits per heavy atom. The first-order valence-electron chi connectivity index (χ1n) is 10.2. The molecule has 2 rings (SSSR count). The minimum atomic E-state index is -1.06. The summed E-state index contributed by atoms with van der Waals surface area (Å²) < 4.78 is 10.2. The number of hydrogen-bond donors (Lipinski definition) is 2. The van der Waals surface area contributed by atoms with E-state index in [9.17, 15) is 19.2 Å². The van der Waals surface area contributed by atoms with Crippen molar-refractivity contribution in [3.63, 3.8) is 0 Å². The highest BCUT2D eigenvalue weighted by molar-refractivity contribution is 5.93. The predicted molar refractivity (Wildman–Crippen MR) is 117 cm³/mol. The lowest BCUT2D eigenvalue weighted by Crippen LogP contribution is -2.11. The van der Waals surface area contributed by atoms with Crippen molar-refractivity contribution in [1.82, 2.24) is 0 Å². The van der Waals surface area contributed by atoms with Gasteiger partial charge in [0, 0.05) is 0 Å². The molecule has 8 heteroatoms. The van der Waals surface area contributed by atoms with Gasteiger partial charge in [0.25, 0.3) is 0 Å². The van der Waals surface area contributed by atoms with Crippen LogP contribution in [0.5, 0.6) is 0 Å². The number of carboxylic acids is 2. The van der Waals surface area contributed by atoms with Crippen LogP contribution in [0.25, 0.3) is 0 Å². The fraction of sp³-hybridized carbons (Fsp3) is 0.333. The monoisotopic (exact) mass is 444 g/mol. The minimum Gasteiger partial charge on any atom is -0.478 e. The summed E-state index contributed by atoms with van der Waals surface area (Å²) in [7, 11) is 0. The van der Waals surface area contributed by atoms with E-state index in [2.05, 4.69) is 0 Å². The molecule has 0 aliphatic rings. The van der Waals surface area contributed by atoms with Crippen LogP contribution in [0.15, 0.2) is 48.5 Å². The Hall–Kier alpha value is -3.68. The molecule has 0 radical (unpaired) electrons. The molecule has 32 heavy (non-hydrogen) atoms. The van der Waals surface area contributed by atoms with Crippen molar-refractivity contribution >= 4 is 23.9 Å². The average molecular weight is 444 g/mol. The molecule has 0 aliphatic carbocycles. The SMILES string of the molecule is CCCCOC(=O)c1ccc(C(=O)OCC(C)C)cc1.O=C(O)c1ccc(C(=O)O)cc1. The van der Waals surface area contributed by atoms with Gasteiger partial charge in [0.1, 0.15) is 0 Å². The van der Waals surface area contributed by atoms with Crippen LogP contribution in [0, 0.1) is 5.92 Å². The summed E-state index contributed by atoms with van der Waals surface area (Å²) in [5.74, 6) is -2.56. The van der Waals surface area contributed by atoms with Crippen LogP contribution in [0.4, 0.5) is 0 Å². The topological polar surface area (TPSA) is 127 Å². The third-order valence-electron chi connectivity index (χ3n) is 4.01. The molecule has 0 aromatic heterocycles. The summed E-state index contributed by atoms with van der Waals surface area (Å²) in [6, 6.07) is 11.4. The normalized spacial score (nSPS) is 10.0. The molecule has 2 N–H and O–H groups in total. The Balaban J connectivity index is 0.000000363. The van der Waals surface area contributed by atoms with Crippen molar-refractivity contribution < 1.29 is 38.9 Å². The zero-order valence-electron chi connectivity index (χ0n) is 18.4. The van der Waals surface area contributed by atoms with Crippen LogP contribution in [0.3, 0.4) is 0 Å². The lowest BCUT2D eigenvalue weighted by molar-refractivity contribution is 0.0454. The number of aromatic carboxylic acids is 2. The van der Waals surface area contributed by atoms with E-state index < -0.39 is 11.9 Å². The van der Waals surface area contributed by atoms with Crippen LogP contribution in [0.2, 0.25) is 0 Å². The van der Waals surface area contributed by atoms with E-state index >= 15 is 0 Å². The summed E-state index contributed by atoms with van der Waals surface area (Å²) >= 11 is 0. The van der Waals surface area contributed by atoms with Gasteiger partial charge >= 0.3 is 23.9 Å². The van der Waals surface area contributed by atoms with E-state index in [4.69, 9.17) is 19.7 Å². The molecule has 0 saturated carbocycles.